The van der Waals surface area contributed by atoms with Crippen LogP contribution in [0.3, 0.4) is 0 Å². The Morgan fingerprint density at radius 3 is 2.45 bits per heavy atom. The largest absolute Gasteiger partial charge is 0.575 e. The second-order valence-corrected chi connectivity index (χ2v) is 1.51. The van der Waals surface area contributed by atoms with Crippen molar-refractivity contribution in [2.24, 2.45) is 0 Å². The van der Waals surface area contributed by atoms with Gasteiger partial charge in [0.1, 0.15) is 0 Å². The highest BCUT2D eigenvalue weighted by atomic mass is 19.4. The quantitative estimate of drug-likeness (QED) is 0.565. The Kier molecular flexibility index (Phi) is 1.79. The minimum Gasteiger partial charge on any atom is -0.429 e. The predicted octanol–water partition coefficient (Wildman–Crippen LogP) is 1.62. The molecule has 0 N–H and O–H groups in total. The van der Waals surface area contributed by atoms with Crippen molar-refractivity contribution in [3.8, 4) is 0 Å². The highest BCUT2D eigenvalue weighted by molar-refractivity contribution is 4.80. The fourth-order valence-corrected chi connectivity index (χ4v) is 0.418. The van der Waals surface area contributed by atoms with Crippen LogP contribution in [0.15, 0.2) is 12.2 Å². The van der Waals surface area contributed by atoms with E-state index >= 15 is 0 Å². The lowest BCUT2D eigenvalue weighted by molar-refractivity contribution is -0.327. The van der Waals surface area contributed by atoms with E-state index in [1.165, 1.54) is 0 Å². The average molecular weight is 174 g/mol. The maximum absolute atomic E-state index is 11.8. The molecule has 0 saturated heterocycles. The third kappa shape index (κ3) is 2.52. The van der Waals surface area contributed by atoms with Crippen molar-refractivity contribution in [2.45, 2.75) is 12.9 Å². The van der Waals surface area contributed by atoms with E-state index in [1.807, 2.05) is 0 Å². The molecule has 7 heteroatoms. The molecule has 1 aliphatic heterocycles. The van der Waals surface area contributed by atoms with E-state index in [1.54, 1.807) is 0 Å². The lowest BCUT2D eigenvalue weighted by Gasteiger charge is -2.07. The van der Waals surface area contributed by atoms with Crippen LogP contribution >= 0.6 is 0 Å². The summed E-state index contributed by atoms with van der Waals surface area (Å²) in [5, 5.41) is 0. The molecule has 0 aromatic rings. The van der Waals surface area contributed by atoms with Gasteiger partial charge < -0.3 is 14.2 Å². The summed E-state index contributed by atoms with van der Waals surface area (Å²) in [7, 11) is 0. The molecule has 1 heterocycles. The second-order valence-electron chi connectivity index (χ2n) is 1.51. The fraction of sp³-hybridized carbons (Fsp3) is 0.500. The van der Waals surface area contributed by atoms with Gasteiger partial charge in [0.05, 0.1) is 0 Å². The van der Waals surface area contributed by atoms with Gasteiger partial charge in [-0.2, -0.15) is 4.39 Å². The van der Waals surface area contributed by atoms with E-state index in [-0.39, 0.29) is 0 Å². The first-order chi connectivity index (χ1) is 4.97. The molecule has 11 heavy (non-hydrogen) atoms. The molecular formula is C4H2F4O3. The van der Waals surface area contributed by atoms with E-state index in [9.17, 15) is 17.6 Å². The molecule has 0 aromatic carbocycles. The molecule has 1 unspecified atom stereocenters. The predicted molar refractivity (Wildman–Crippen MR) is 22.3 cm³/mol. The Morgan fingerprint density at radius 2 is 2.09 bits per heavy atom. The zero-order valence-corrected chi connectivity index (χ0v) is 4.89. The summed E-state index contributed by atoms with van der Waals surface area (Å²) >= 11 is 0. The van der Waals surface area contributed by atoms with Gasteiger partial charge in [0.15, 0.2) is 6.26 Å². The minimum atomic E-state index is -4.89. The summed E-state index contributed by atoms with van der Waals surface area (Å²) in [4.78, 5) is 0. The summed E-state index contributed by atoms with van der Waals surface area (Å²) < 4.78 is 56.5. The van der Waals surface area contributed by atoms with Crippen LogP contribution in [0, 0.1) is 0 Å². The van der Waals surface area contributed by atoms with Gasteiger partial charge in [-0.05, 0) is 0 Å². The van der Waals surface area contributed by atoms with Crippen molar-refractivity contribution < 1.29 is 31.8 Å². The average Bonchev–Trinajstić information content (AvgIpc) is 2.10. The Bertz CT molecular complexity index is 175. The molecule has 1 aliphatic rings. The number of rotatable bonds is 1. The summed E-state index contributed by atoms with van der Waals surface area (Å²) in [5.41, 5.74) is 0. The minimum absolute atomic E-state index is 0.401. The van der Waals surface area contributed by atoms with E-state index in [2.05, 4.69) is 14.2 Å². The lowest BCUT2D eigenvalue weighted by Crippen LogP contribution is -2.14. The molecule has 0 fully saturated rings. The molecule has 0 saturated carbocycles. The lowest BCUT2D eigenvalue weighted by atomic mass is 11.0. The Morgan fingerprint density at radius 1 is 1.45 bits per heavy atom. The van der Waals surface area contributed by atoms with Gasteiger partial charge in [-0.25, -0.2) is 0 Å². The second kappa shape index (κ2) is 2.48. The van der Waals surface area contributed by atoms with Crippen molar-refractivity contribution in [2.75, 3.05) is 0 Å². The van der Waals surface area contributed by atoms with Gasteiger partial charge in [-0.3, -0.25) is 0 Å². The Hall–Kier alpha value is -1.14. The van der Waals surface area contributed by atoms with E-state index in [4.69, 9.17) is 0 Å². The Labute approximate surface area is 58.1 Å². The van der Waals surface area contributed by atoms with Crippen LogP contribution < -0.4 is 0 Å². The topological polar surface area (TPSA) is 27.7 Å². The van der Waals surface area contributed by atoms with Crippen LogP contribution in [0.5, 0.6) is 0 Å². The molecule has 0 amide bonds. The monoisotopic (exact) mass is 174 g/mol. The van der Waals surface area contributed by atoms with Gasteiger partial charge in [0.2, 0.25) is 0 Å². The molecule has 0 radical (unpaired) electrons. The zero-order valence-electron chi connectivity index (χ0n) is 4.89. The summed E-state index contributed by atoms with van der Waals surface area (Å²) in [6, 6.07) is 0. The van der Waals surface area contributed by atoms with Gasteiger partial charge in [0.25, 0.3) is 0 Å². The van der Waals surface area contributed by atoms with Crippen LogP contribution in [0.2, 0.25) is 0 Å². The molecule has 0 bridgehead atoms. The SMILES string of the molecule is FC1OC=C(OC(F)(F)F)O1. The number of hydrogen-bond donors (Lipinski definition) is 0. The first-order valence-corrected chi connectivity index (χ1v) is 2.39. The van der Waals surface area contributed by atoms with Crippen LogP contribution in [-0.4, -0.2) is 12.9 Å². The van der Waals surface area contributed by atoms with E-state index in [0.29, 0.717) is 6.26 Å². The summed E-state index contributed by atoms with van der Waals surface area (Å²) in [5.74, 6) is -1.04. The number of ether oxygens (including phenoxy) is 3. The highest BCUT2D eigenvalue weighted by Gasteiger charge is 2.36. The number of halogens is 4. The molecular weight excluding hydrogens is 172 g/mol. The molecule has 1 rings (SSSR count). The molecule has 1 atom stereocenters. The van der Waals surface area contributed by atoms with Crippen LogP contribution in [0.1, 0.15) is 0 Å². The van der Waals surface area contributed by atoms with Gasteiger partial charge >= 0.3 is 18.9 Å². The Balaban J connectivity index is 2.40. The maximum atomic E-state index is 11.8. The highest BCUT2D eigenvalue weighted by Crippen LogP contribution is 2.25. The third-order valence-electron chi connectivity index (χ3n) is 0.696. The number of hydrogen-bond acceptors (Lipinski definition) is 3. The molecule has 0 aliphatic carbocycles. The van der Waals surface area contributed by atoms with Crippen molar-refractivity contribution in [3.05, 3.63) is 12.2 Å². The standard InChI is InChI=1S/C4H2F4O3/c5-3-9-1-2(10-3)11-4(6,7)8/h1,3H. The van der Waals surface area contributed by atoms with Crippen LogP contribution in [0.4, 0.5) is 17.6 Å². The van der Waals surface area contributed by atoms with Crippen molar-refractivity contribution in [1.29, 1.82) is 0 Å². The molecule has 0 spiro atoms. The van der Waals surface area contributed by atoms with Gasteiger partial charge in [-0.15, -0.1) is 13.2 Å². The molecule has 3 nitrogen and oxygen atoms in total. The molecule has 64 valence electrons. The first-order valence-electron chi connectivity index (χ1n) is 2.39. The number of alkyl halides is 4. The zero-order chi connectivity index (χ0) is 8.48. The van der Waals surface area contributed by atoms with Gasteiger partial charge in [-0.1, -0.05) is 0 Å². The smallest absolute Gasteiger partial charge is 0.429 e. The van der Waals surface area contributed by atoms with Crippen molar-refractivity contribution in [3.63, 3.8) is 0 Å². The third-order valence-corrected chi connectivity index (χ3v) is 0.696. The first kappa shape index (κ1) is 7.96. The van der Waals surface area contributed by atoms with Crippen molar-refractivity contribution >= 4 is 0 Å². The summed E-state index contributed by atoms with van der Waals surface area (Å²) in [6.45, 7) is -2.22. The van der Waals surface area contributed by atoms with Gasteiger partial charge in [0, 0.05) is 0 Å². The van der Waals surface area contributed by atoms with Crippen LogP contribution in [-0.2, 0) is 14.2 Å². The maximum Gasteiger partial charge on any atom is 0.575 e. The fourth-order valence-electron chi connectivity index (χ4n) is 0.418. The van der Waals surface area contributed by atoms with E-state index < -0.39 is 18.9 Å². The van der Waals surface area contributed by atoms with Crippen molar-refractivity contribution in [1.82, 2.24) is 0 Å². The normalized spacial score (nSPS) is 23.6. The van der Waals surface area contributed by atoms with E-state index in [0.717, 1.165) is 0 Å². The molecule has 0 aromatic heterocycles. The summed E-state index contributed by atoms with van der Waals surface area (Å²) in [6.07, 6.45) is -4.49. The van der Waals surface area contributed by atoms with Crippen LogP contribution in [0.25, 0.3) is 0 Å².